The monoisotopic (exact) mass is 240 g/mol. The van der Waals surface area contributed by atoms with E-state index in [0.717, 1.165) is 12.0 Å². The van der Waals surface area contributed by atoms with Gasteiger partial charge in [0, 0.05) is 6.04 Å². The molecule has 0 saturated heterocycles. The Hall–Kier alpha value is -0.0800. The van der Waals surface area contributed by atoms with Gasteiger partial charge in [-0.2, -0.15) is 0 Å². The largest absolute Gasteiger partial charge is 0.316 e. The van der Waals surface area contributed by atoms with E-state index in [1.54, 1.807) is 0 Å². The first kappa shape index (κ1) is 15.0. The molecule has 0 heterocycles. The fourth-order valence-corrected chi connectivity index (χ4v) is 2.71. The molecule has 1 fully saturated rings. The molecule has 1 N–H and O–H groups in total. The predicted octanol–water partition coefficient (Wildman–Crippen LogP) is 3.28. The third kappa shape index (κ3) is 7.05. The second-order valence-corrected chi connectivity index (χ2v) is 6.08. The van der Waals surface area contributed by atoms with Crippen LogP contribution in [-0.4, -0.2) is 37.6 Å². The number of unbranched alkanes of at least 4 members (excludes halogenated alkanes) is 1. The number of hydrogen-bond donors (Lipinski definition) is 1. The summed E-state index contributed by atoms with van der Waals surface area (Å²) in [5.74, 6) is 0.778. The first-order valence-electron chi connectivity index (χ1n) is 7.61. The molecule has 0 spiro atoms. The van der Waals surface area contributed by atoms with Gasteiger partial charge in [0.15, 0.2) is 0 Å². The molecule has 0 atom stereocenters. The van der Waals surface area contributed by atoms with Crippen LogP contribution in [0.1, 0.15) is 58.8 Å². The van der Waals surface area contributed by atoms with Gasteiger partial charge < -0.3 is 10.2 Å². The van der Waals surface area contributed by atoms with Crippen LogP contribution >= 0.6 is 0 Å². The quantitative estimate of drug-likeness (QED) is 0.655. The number of hydrogen-bond acceptors (Lipinski definition) is 2. The van der Waals surface area contributed by atoms with Gasteiger partial charge in [-0.15, -0.1) is 0 Å². The Labute approximate surface area is 108 Å². The van der Waals surface area contributed by atoms with E-state index in [1.165, 1.54) is 64.6 Å². The minimum Gasteiger partial charge on any atom is -0.316 e. The summed E-state index contributed by atoms with van der Waals surface area (Å²) in [5.41, 5.74) is 0. The average Bonchev–Trinajstić information content (AvgIpc) is 2.34. The smallest absolute Gasteiger partial charge is 0.00922 e. The van der Waals surface area contributed by atoms with Crippen molar-refractivity contribution in [3.8, 4) is 0 Å². The highest BCUT2D eigenvalue weighted by atomic mass is 15.1. The number of rotatable bonds is 8. The lowest BCUT2D eigenvalue weighted by molar-refractivity contribution is 0.189. The van der Waals surface area contributed by atoms with E-state index >= 15 is 0 Å². The van der Waals surface area contributed by atoms with Gasteiger partial charge in [0.2, 0.25) is 0 Å². The molecule has 2 heteroatoms. The molecule has 0 unspecified atom stereocenters. The minimum absolute atomic E-state index is 0.778. The maximum atomic E-state index is 3.52. The standard InChI is InChI=1S/C15H32N2/c1-14(2)13-16-11-7-8-12-17(3)15-9-5-4-6-10-15/h14-16H,4-13H2,1-3H3. The van der Waals surface area contributed by atoms with E-state index in [2.05, 4.69) is 31.1 Å². The van der Waals surface area contributed by atoms with E-state index < -0.39 is 0 Å². The molecule has 0 aromatic heterocycles. The molecule has 1 rings (SSSR count). The number of nitrogens with one attached hydrogen (secondary N) is 1. The second-order valence-electron chi connectivity index (χ2n) is 6.08. The molecule has 2 nitrogen and oxygen atoms in total. The van der Waals surface area contributed by atoms with Crippen LogP contribution in [0.25, 0.3) is 0 Å². The Morgan fingerprint density at radius 2 is 1.82 bits per heavy atom. The molecule has 1 aliphatic rings. The molecular weight excluding hydrogens is 208 g/mol. The zero-order valence-corrected chi connectivity index (χ0v) is 12.2. The van der Waals surface area contributed by atoms with Gasteiger partial charge in [0.25, 0.3) is 0 Å². The van der Waals surface area contributed by atoms with Crippen LogP contribution in [0, 0.1) is 5.92 Å². The van der Waals surface area contributed by atoms with Crippen molar-refractivity contribution in [3.05, 3.63) is 0 Å². The van der Waals surface area contributed by atoms with Crippen LogP contribution in [0.5, 0.6) is 0 Å². The zero-order valence-electron chi connectivity index (χ0n) is 12.2. The van der Waals surface area contributed by atoms with Crippen molar-refractivity contribution in [1.82, 2.24) is 10.2 Å². The summed E-state index contributed by atoms with van der Waals surface area (Å²) in [6, 6.07) is 0.882. The summed E-state index contributed by atoms with van der Waals surface area (Å²) in [6.45, 7) is 8.18. The molecule has 1 aliphatic carbocycles. The number of nitrogens with zero attached hydrogens (tertiary/aromatic N) is 1. The molecule has 0 aliphatic heterocycles. The summed E-state index contributed by atoms with van der Waals surface area (Å²) < 4.78 is 0. The van der Waals surface area contributed by atoms with E-state index in [1.807, 2.05) is 0 Å². The fraction of sp³-hybridized carbons (Fsp3) is 1.00. The molecular formula is C15H32N2. The van der Waals surface area contributed by atoms with Crippen LogP contribution < -0.4 is 5.32 Å². The predicted molar refractivity (Wildman–Crippen MR) is 76.4 cm³/mol. The van der Waals surface area contributed by atoms with Crippen LogP contribution in [0.2, 0.25) is 0 Å². The lowest BCUT2D eigenvalue weighted by atomic mass is 9.94. The van der Waals surface area contributed by atoms with Gasteiger partial charge in [0.1, 0.15) is 0 Å². The van der Waals surface area contributed by atoms with Gasteiger partial charge in [-0.3, -0.25) is 0 Å². The topological polar surface area (TPSA) is 15.3 Å². The molecule has 17 heavy (non-hydrogen) atoms. The first-order valence-corrected chi connectivity index (χ1v) is 7.61. The van der Waals surface area contributed by atoms with Crippen molar-refractivity contribution in [1.29, 1.82) is 0 Å². The highest BCUT2D eigenvalue weighted by Crippen LogP contribution is 2.21. The third-order valence-corrected chi connectivity index (χ3v) is 3.87. The van der Waals surface area contributed by atoms with Gasteiger partial charge in [-0.1, -0.05) is 33.1 Å². The average molecular weight is 240 g/mol. The third-order valence-electron chi connectivity index (χ3n) is 3.87. The molecule has 0 radical (unpaired) electrons. The van der Waals surface area contributed by atoms with Gasteiger partial charge in [0.05, 0.1) is 0 Å². The Morgan fingerprint density at radius 1 is 1.12 bits per heavy atom. The highest BCUT2D eigenvalue weighted by Gasteiger charge is 2.16. The fourth-order valence-electron chi connectivity index (χ4n) is 2.71. The molecule has 0 aromatic rings. The van der Waals surface area contributed by atoms with Gasteiger partial charge in [-0.25, -0.2) is 0 Å². The highest BCUT2D eigenvalue weighted by molar-refractivity contribution is 4.73. The van der Waals surface area contributed by atoms with Crippen LogP contribution in [0.15, 0.2) is 0 Å². The van der Waals surface area contributed by atoms with E-state index in [0.29, 0.717) is 0 Å². The van der Waals surface area contributed by atoms with Crippen molar-refractivity contribution >= 4 is 0 Å². The molecule has 0 aromatic carbocycles. The van der Waals surface area contributed by atoms with Crippen LogP contribution in [0.4, 0.5) is 0 Å². The molecule has 0 bridgehead atoms. The Balaban J connectivity index is 1.94. The Kier molecular flexibility index (Phi) is 7.87. The maximum absolute atomic E-state index is 3.52. The van der Waals surface area contributed by atoms with Crippen molar-refractivity contribution in [2.24, 2.45) is 5.92 Å². The Bertz CT molecular complexity index is 174. The van der Waals surface area contributed by atoms with Crippen molar-refractivity contribution in [3.63, 3.8) is 0 Å². The normalized spacial score (nSPS) is 18.2. The van der Waals surface area contributed by atoms with Crippen LogP contribution in [0.3, 0.4) is 0 Å². The summed E-state index contributed by atoms with van der Waals surface area (Å²) in [7, 11) is 2.32. The Morgan fingerprint density at radius 3 is 2.47 bits per heavy atom. The first-order chi connectivity index (χ1) is 8.20. The van der Waals surface area contributed by atoms with Crippen LogP contribution in [-0.2, 0) is 0 Å². The summed E-state index contributed by atoms with van der Waals surface area (Å²) in [5, 5.41) is 3.52. The van der Waals surface area contributed by atoms with Gasteiger partial charge >= 0.3 is 0 Å². The van der Waals surface area contributed by atoms with Gasteiger partial charge in [-0.05, 0) is 58.3 Å². The second kappa shape index (κ2) is 8.93. The molecule has 0 amide bonds. The zero-order chi connectivity index (χ0) is 12.5. The summed E-state index contributed by atoms with van der Waals surface area (Å²) >= 11 is 0. The summed E-state index contributed by atoms with van der Waals surface area (Å²) in [4.78, 5) is 2.60. The van der Waals surface area contributed by atoms with Crippen molar-refractivity contribution in [2.45, 2.75) is 64.8 Å². The van der Waals surface area contributed by atoms with Crippen molar-refractivity contribution < 1.29 is 0 Å². The molecule has 1 saturated carbocycles. The van der Waals surface area contributed by atoms with E-state index in [-0.39, 0.29) is 0 Å². The van der Waals surface area contributed by atoms with Crippen molar-refractivity contribution in [2.75, 3.05) is 26.7 Å². The van der Waals surface area contributed by atoms with E-state index in [4.69, 9.17) is 0 Å². The lowest BCUT2D eigenvalue weighted by Gasteiger charge is -2.31. The molecule has 102 valence electrons. The SMILES string of the molecule is CC(C)CNCCCCN(C)C1CCCCC1. The minimum atomic E-state index is 0.778. The summed E-state index contributed by atoms with van der Waals surface area (Å²) in [6.07, 6.45) is 9.89. The van der Waals surface area contributed by atoms with E-state index in [9.17, 15) is 0 Å². The maximum Gasteiger partial charge on any atom is 0.00922 e. The lowest BCUT2D eigenvalue weighted by Crippen LogP contribution is -2.34.